The third kappa shape index (κ3) is 4.05. The lowest BCUT2D eigenvalue weighted by Crippen LogP contribution is -2.46. The number of nitrogens with zero attached hydrogens (tertiary/aromatic N) is 4. The van der Waals surface area contributed by atoms with Gasteiger partial charge in [0.2, 0.25) is 15.9 Å². The SMILES string of the molecule is Cc1noc(C)c1S(=O)(=O)N1CCCC(C(=O)N(C)Cc2nc3ccccc3c(=O)[nH]2)C1. The van der Waals surface area contributed by atoms with Crippen molar-refractivity contribution in [2.75, 3.05) is 20.1 Å². The summed E-state index contributed by atoms with van der Waals surface area (Å²) in [7, 11) is -2.19. The van der Waals surface area contributed by atoms with Crippen LogP contribution in [-0.4, -0.2) is 58.8 Å². The Morgan fingerprint density at radius 1 is 1.31 bits per heavy atom. The Morgan fingerprint density at radius 2 is 2.06 bits per heavy atom. The second-order valence-electron chi connectivity index (χ2n) is 8.08. The summed E-state index contributed by atoms with van der Waals surface area (Å²) >= 11 is 0. The molecule has 3 heterocycles. The smallest absolute Gasteiger partial charge is 0.258 e. The number of nitrogens with one attached hydrogen (secondary N) is 1. The number of hydrogen-bond acceptors (Lipinski definition) is 7. The molecular weight excluding hydrogens is 434 g/mol. The Kier molecular flexibility index (Phi) is 5.87. The first-order valence-electron chi connectivity index (χ1n) is 10.3. The van der Waals surface area contributed by atoms with E-state index < -0.39 is 15.9 Å². The van der Waals surface area contributed by atoms with E-state index in [4.69, 9.17) is 4.52 Å². The zero-order valence-corrected chi connectivity index (χ0v) is 19.0. The van der Waals surface area contributed by atoms with E-state index in [9.17, 15) is 18.0 Å². The molecule has 0 bridgehead atoms. The van der Waals surface area contributed by atoms with Crippen LogP contribution >= 0.6 is 0 Å². The second kappa shape index (κ2) is 8.47. The first-order chi connectivity index (χ1) is 15.2. The molecule has 1 aliphatic rings. The molecule has 3 aromatic rings. The van der Waals surface area contributed by atoms with Crippen molar-refractivity contribution in [3.05, 3.63) is 51.9 Å². The van der Waals surface area contributed by atoms with Crippen molar-refractivity contribution in [1.29, 1.82) is 0 Å². The number of aromatic nitrogens is 3. The Hall–Kier alpha value is -3.05. The molecule has 10 nitrogen and oxygen atoms in total. The average molecular weight is 460 g/mol. The molecule has 1 unspecified atom stereocenters. The van der Waals surface area contributed by atoms with Crippen LogP contribution in [0.2, 0.25) is 0 Å². The number of fused-ring (bicyclic) bond motifs is 1. The minimum atomic E-state index is -3.81. The van der Waals surface area contributed by atoms with Gasteiger partial charge in [0.05, 0.1) is 23.4 Å². The van der Waals surface area contributed by atoms with Gasteiger partial charge in [0.25, 0.3) is 5.56 Å². The lowest BCUT2D eigenvalue weighted by molar-refractivity contribution is -0.136. The lowest BCUT2D eigenvalue weighted by Gasteiger charge is -2.33. The van der Waals surface area contributed by atoms with Crippen LogP contribution in [0.15, 0.2) is 38.5 Å². The van der Waals surface area contributed by atoms with Crippen molar-refractivity contribution in [3.63, 3.8) is 0 Å². The van der Waals surface area contributed by atoms with Crippen LogP contribution in [0, 0.1) is 19.8 Å². The van der Waals surface area contributed by atoms with Crippen LogP contribution in [0.1, 0.15) is 30.1 Å². The molecule has 2 aromatic heterocycles. The summed E-state index contributed by atoms with van der Waals surface area (Å²) in [5.41, 5.74) is 0.599. The van der Waals surface area contributed by atoms with Crippen LogP contribution in [-0.2, 0) is 21.4 Å². The number of rotatable bonds is 5. The molecule has 1 amide bonds. The number of sulfonamides is 1. The molecule has 1 fully saturated rings. The third-order valence-electron chi connectivity index (χ3n) is 5.72. The molecule has 170 valence electrons. The van der Waals surface area contributed by atoms with Crippen molar-refractivity contribution in [3.8, 4) is 0 Å². The van der Waals surface area contributed by atoms with Crippen LogP contribution < -0.4 is 5.56 Å². The predicted octanol–water partition coefficient (Wildman–Crippen LogP) is 1.59. The highest BCUT2D eigenvalue weighted by molar-refractivity contribution is 7.89. The summed E-state index contributed by atoms with van der Waals surface area (Å²) < 4.78 is 32.6. The highest BCUT2D eigenvalue weighted by atomic mass is 32.2. The fourth-order valence-electron chi connectivity index (χ4n) is 4.16. The number of aromatic amines is 1. The van der Waals surface area contributed by atoms with Gasteiger partial charge in [0.1, 0.15) is 16.4 Å². The number of H-pyrrole nitrogens is 1. The number of para-hydroxylation sites is 1. The molecule has 0 radical (unpaired) electrons. The number of hydrogen-bond donors (Lipinski definition) is 1. The molecule has 0 saturated carbocycles. The summed E-state index contributed by atoms with van der Waals surface area (Å²) in [6.07, 6.45) is 1.15. The normalized spacial score (nSPS) is 17.5. The standard InChI is InChI=1S/C21H25N5O5S/c1-13-19(14(2)31-24-13)32(29,30)26-10-6-7-15(11-26)21(28)25(3)12-18-22-17-9-5-4-8-16(17)20(27)23-18/h4-5,8-9,15H,6-7,10-12H2,1-3H3,(H,22,23,27). The fraction of sp³-hybridized carbons (Fsp3) is 0.429. The Morgan fingerprint density at radius 3 is 2.78 bits per heavy atom. The Bertz CT molecular complexity index is 1310. The number of amides is 1. The van der Waals surface area contributed by atoms with Gasteiger partial charge in [-0.1, -0.05) is 17.3 Å². The molecule has 1 aliphatic heterocycles. The van der Waals surface area contributed by atoms with Gasteiger partial charge < -0.3 is 14.4 Å². The third-order valence-corrected chi connectivity index (χ3v) is 7.83. The van der Waals surface area contributed by atoms with E-state index in [1.165, 1.54) is 9.21 Å². The molecule has 0 aliphatic carbocycles. The summed E-state index contributed by atoms with van der Waals surface area (Å²) in [6.45, 7) is 3.67. The van der Waals surface area contributed by atoms with Crippen molar-refractivity contribution >= 4 is 26.8 Å². The maximum absolute atomic E-state index is 13.1. The monoisotopic (exact) mass is 459 g/mol. The highest BCUT2D eigenvalue weighted by Crippen LogP contribution is 2.28. The van der Waals surface area contributed by atoms with Crippen LogP contribution in [0.4, 0.5) is 0 Å². The Labute approximate surface area is 185 Å². The van der Waals surface area contributed by atoms with Gasteiger partial charge in [0, 0.05) is 20.1 Å². The fourth-order valence-corrected chi connectivity index (χ4v) is 5.97. The molecule has 1 saturated heterocycles. The number of benzene rings is 1. The molecule has 4 rings (SSSR count). The second-order valence-corrected chi connectivity index (χ2v) is 9.95. The molecule has 0 spiro atoms. The first kappa shape index (κ1) is 22.2. The molecule has 1 aromatic carbocycles. The van der Waals surface area contributed by atoms with E-state index in [0.29, 0.717) is 41.8 Å². The molecule has 1 N–H and O–H groups in total. The van der Waals surface area contributed by atoms with E-state index in [1.807, 2.05) is 0 Å². The lowest BCUT2D eigenvalue weighted by atomic mass is 9.98. The molecular formula is C21H25N5O5S. The highest BCUT2D eigenvalue weighted by Gasteiger charge is 2.37. The zero-order chi connectivity index (χ0) is 23.0. The minimum absolute atomic E-state index is 0.0666. The van der Waals surface area contributed by atoms with Gasteiger partial charge in [-0.15, -0.1) is 0 Å². The largest absolute Gasteiger partial charge is 0.360 e. The zero-order valence-electron chi connectivity index (χ0n) is 18.2. The van der Waals surface area contributed by atoms with Gasteiger partial charge in [-0.2, -0.15) is 4.31 Å². The van der Waals surface area contributed by atoms with E-state index in [0.717, 1.165) is 0 Å². The van der Waals surface area contributed by atoms with Crippen LogP contribution in [0.5, 0.6) is 0 Å². The van der Waals surface area contributed by atoms with Gasteiger partial charge in [-0.25, -0.2) is 13.4 Å². The Balaban J connectivity index is 1.50. The van der Waals surface area contributed by atoms with Crippen molar-refractivity contribution in [2.45, 2.75) is 38.1 Å². The topological polar surface area (TPSA) is 129 Å². The number of carbonyl (C=O) groups is 1. The quantitative estimate of drug-likeness (QED) is 0.613. The average Bonchev–Trinajstić information content (AvgIpc) is 3.12. The van der Waals surface area contributed by atoms with Crippen molar-refractivity contribution in [1.82, 2.24) is 24.3 Å². The summed E-state index contributed by atoms with van der Waals surface area (Å²) in [5, 5.41) is 4.23. The van der Waals surface area contributed by atoms with E-state index in [-0.39, 0.29) is 35.2 Å². The van der Waals surface area contributed by atoms with Gasteiger partial charge in [0.15, 0.2) is 5.76 Å². The van der Waals surface area contributed by atoms with E-state index in [1.54, 1.807) is 45.2 Å². The van der Waals surface area contributed by atoms with Crippen molar-refractivity contribution in [2.24, 2.45) is 5.92 Å². The minimum Gasteiger partial charge on any atom is -0.360 e. The molecule has 11 heteroatoms. The summed E-state index contributed by atoms with van der Waals surface area (Å²) in [4.78, 5) is 34.1. The first-order valence-corrected chi connectivity index (χ1v) is 11.8. The summed E-state index contributed by atoms with van der Waals surface area (Å²) in [5.74, 6) is -0.0735. The van der Waals surface area contributed by atoms with Crippen LogP contribution in [0.25, 0.3) is 10.9 Å². The molecule has 32 heavy (non-hydrogen) atoms. The number of carbonyl (C=O) groups excluding carboxylic acids is 1. The maximum atomic E-state index is 13.1. The van der Waals surface area contributed by atoms with Gasteiger partial charge in [-0.05, 0) is 38.8 Å². The van der Waals surface area contributed by atoms with E-state index >= 15 is 0 Å². The number of piperidine rings is 1. The van der Waals surface area contributed by atoms with Gasteiger partial charge in [-0.3, -0.25) is 9.59 Å². The van der Waals surface area contributed by atoms with Gasteiger partial charge >= 0.3 is 0 Å². The maximum Gasteiger partial charge on any atom is 0.258 e. The van der Waals surface area contributed by atoms with E-state index in [2.05, 4.69) is 15.1 Å². The van der Waals surface area contributed by atoms with Crippen LogP contribution in [0.3, 0.4) is 0 Å². The predicted molar refractivity (Wildman–Crippen MR) is 116 cm³/mol. The molecule has 1 atom stereocenters. The van der Waals surface area contributed by atoms with Crippen molar-refractivity contribution < 1.29 is 17.7 Å². The summed E-state index contributed by atoms with van der Waals surface area (Å²) in [6, 6.07) is 6.99. The number of aryl methyl sites for hydroxylation is 2.